The van der Waals surface area contributed by atoms with Crippen molar-refractivity contribution in [1.82, 2.24) is 9.97 Å². The molecule has 0 aliphatic carbocycles. The second kappa shape index (κ2) is 7.57. The SMILES string of the molecule is COCCN(CCOC)c1cnc(C(=N)N)cn1. The molecule has 0 aromatic carbocycles. The molecule has 7 nitrogen and oxygen atoms in total. The third-order valence-electron chi connectivity index (χ3n) is 2.37. The van der Waals surface area contributed by atoms with E-state index < -0.39 is 0 Å². The number of nitrogens with two attached hydrogens (primary N) is 1. The van der Waals surface area contributed by atoms with Gasteiger partial charge >= 0.3 is 0 Å². The first-order chi connectivity index (χ1) is 8.69. The number of hydrogen-bond donors (Lipinski definition) is 2. The van der Waals surface area contributed by atoms with E-state index in [2.05, 4.69) is 9.97 Å². The van der Waals surface area contributed by atoms with Gasteiger partial charge < -0.3 is 20.1 Å². The molecule has 100 valence electrons. The molecule has 0 saturated heterocycles. The van der Waals surface area contributed by atoms with Gasteiger partial charge in [0.2, 0.25) is 0 Å². The van der Waals surface area contributed by atoms with Crippen LogP contribution in [0.15, 0.2) is 12.4 Å². The molecule has 0 unspecified atom stereocenters. The number of ether oxygens (including phenoxy) is 2. The van der Waals surface area contributed by atoms with Crippen LogP contribution in [0.25, 0.3) is 0 Å². The van der Waals surface area contributed by atoms with Crippen molar-refractivity contribution in [3.63, 3.8) is 0 Å². The van der Waals surface area contributed by atoms with Gasteiger partial charge in [0.25, 0.3) is 0 Å². The molecule has 0 spiro atoms. The number of nitrogen functional groups attached to an aromatic ring is 1. The highest BCUT2D eigenvalue weighted by molar-refractivity contribution is 5.92. The molecule has 0 amide bonds. The minimum atomic E-state index is -0.0885. The number of amidine groups is 1. The Hall–Kier alpha value is -1.73. The fraction of sp³-hybridized carbons (Fsp3) is 0.545. The lowest BCUT2D eigenvalue weighted by molar-refractivity contribution is 0.190. The van der Waals surface area contributed by atoms with Crippen LogP contribution in [-0.4, -0.2) is 56.3 Å². The molecule has 1 aromatic heterocycles. The lowest BCUT2D eigenvalue weighted by atomic mass is 10.4. The van der Waals surface area contributed by atoms with Crippen LogP contribution in [0.5, 0.6) is 0 Å². The lowest BCUT2D eigenvalue weighted by Gasteiger charge is -2.22. The third-order valence-corrected chi connectivity index (χ3v) is 2.37. The summed E-state index contributed by atoms with van der Waals surface area (Å²) >= 11 is 0. The predicted octanol–water partition coefficient (Wildman–Crippen LogP) is -0.140. The van der Waals surface area contributed by atoms with Crippen molar-refractivity contribution in [3.8, 4) is 0 Å². The summed E-state index contributed by atoms with van der Waals surface area (Å²) in [5.41, 5.74) is 5.70. The van der Waals surface area contributed by atoms with Gasteiger partial charge in [-0.2, -0.15) is 0 Å². The first kappa shape index (κ1) is 14.3. The van der Waals surface area contributed by atoms with E-state index in [1.165, 1.54) is 6.20 Å². The number of anilines is 1. The topological polar surface area (TPSA) is 97.4 Å². The van der Waals surface area contributed by atoms with Crippen LogP contribution in [0.4, 0.5) is 5.82 Å². The molecule has 3 N–H and O–H groups in total. The van der Waals surface area contributed by atoms with E-state index in [9.17, 15) is 0 Å². The Balaban J connectivity index is 2.73. The van der Waals surface area contributed by atoms with Gasteiger partial charge in [-0.3, -0.25) is 5.41 Å². The Labute approximate surface area is 106 Å². The van der Waals surface area contributed by atoms with Crippen molar-refractivity contribution in [1.29, 1.82) is 5.41 Å². The normalized spacial score (nSPS) is 10.3. The number of nitrogens with zero attached hydrogens (tertiary/aromatic N) is 3. The van der Waals surface area contributed by atoms with E-state index in [1.807, 2.05) is 4.90 Å². The lowest BCUT2D eigenvalue weighted by Crippen LogP contribution is -2.31. The molecule has 0 bridgehead atoms. The summed E-state index contributed by atoms with van der Waals surface area (Å²) in [4.78, 5) is 10.3. The number of aromatic nitrogens is 2. The number of methoxy groups -OCH3 is 2. The number of nitrogens with one attached hydrogen (secondary N) is 1. The summed E-state index contributed by atoms with van der Waals surface area (Å²) in [5, 5.41) is 7.26. The molecule has 0 atom stereocenters. The highest BCUT2D eigenvalue weighted by atomic mass is 16.5. The first-order valence-electron chi connectivity index (χ1n) is 5.58. The molecule has 18 heavy (non-hydrogen) atoms. The Morgan fingerprint density at radius 3 is 2.22 bits per heavy atom. The predicted molar refractivity (Wildman–Crippen MR) is 69.0 cm³/mol. The molecular weight excluding hydrogens is 234 g/mol. The van der Waals surface area contributed by atoms with Gasteiger partial charge in [-0.15, -0.1) is 0 Å². The van der Waals surface area contributed by atoms with Gasteiger partial charge in [0.15, 0.2) is 0 Å². The summed E-state index contributed by atoms with van der Waals surface area (Å²) in [5.74, 6) is 0.628. The average Bonchev–Trinajstić information content (AvgIpc) is 2.39. The maximum atomic E-state index is 7.26. The molecule has 0 radical (unpaired) electrons. The molecule has 0 fully saturated rings. The smallest absolute Gasteiger partial charge is 0.147 e. The van der Waals surface area contributed by atoms with Crippen LogP contribution < -0.4 is 10.6 Å². The maximum absolute atomic E-state index is 7.26. The van der Waals surface area contributed by atoms with E-state index in [4.69, 9.17) is 20.6 Å². The van der Waals surface area contributed by atoms with Gasteiger partial charge in [0.05, 0.1) is 25.6 Å². The zero-order chi connectivity index (χ0) is 13.4. The highest BCUT2D eigenvalue weighted by Gasteiger charge is 2.08. The largest absolute Gasteiger partial charge is 0.383 e. The van der Waals surface area contributed by atoms with Crippen LogP contribution in [0.3, 0.4) is 0 Å². The Kier molecular flexibility index (Phi) is 6.03. The van der Waals surface area contributed by atoms with E-state index in [1.54, 1.807) is 20.4 Å². The van der Waals surface area contributed by atoms with Crippen LogP contribution in [0.2, 0.25) is 0 Å². The molecule has 1 rings (SSSR count). The zero-order valence-electron chi connectivity index (χ0n) is 10.7. The van der Waals surface area contributed by atoms with Crippen molar-refractivity contribution in [2.45, 2.75) is 0 Å². The van der Waals surface area contributed by atoms with E-state index in [0.717, 1.165) is 0 Å². The molecule has 0 aliphatic heterocycles. The Bertz CT molecular complexity index is 360. The molecule has 7 heteroatoms. The average molecular weight is 253 g/mol. The third kappa shape index (κ3) is 4.27. The van der Waals surface area contributed by atoms with Gasteiger partial charge in [-0.05, 0) is 0 Å². The second-order valence-corrected chi connectivity index (χ2v) is 3.65. The maximum Gasteiger partial charge on any atom is 0.147 e. The van der Waals surface area contributed by atoms with Crippen LogP contribution in [-0.2, 0) is 9.47 Å². The minimum Gasteiger partial charge on any atom is -0.383 e. The van der Waals surface area contributed by atoms with Gasteiger partial charge in [-0.1, -0.05) is 0 Å². The van der Waals surface area contributed by atoms with Gasteiger partial charge in [0, 0.05) is 27.3 Å². The molecule has 1 heterocycles. The van der Waals surface area contributed by atoms with Crippen molar-refractivity contribution in [3.05, 3.63) is 18.1 Å². The number of rotatable bonds is 8. The standard InChI is InChI=1S/C11H19N5O2/c1-17-5-3-16(4-6-18-2)10-8-14-9(7-15-10)11(12)13/h7-8H,3-6H2,1-2H3,(H3,12,13). The summed E-state index contributed by atoms with van der Waals surface area (Å²) in [7, 11) is 3.30. The van der Waals surface area contributed by atoms with E-state index >= 15 is 0 Å². The first-order valence-corrected chi connectivity index (χ1v) is 5.58. The van der Waals surface area contributed by atoms with Crippen molar-refractivity contribution in [2.75, 3.05) is 45.4 Å². The molecule has 1 aromatic rings. The quantitative estimate of drug-likeness (QED) is 0.494. The molecule has 0 aliphatic rings. The molecule has 0 saturated carbocycles. The fourth-order valence-electron chi connectivity index (χ4n) is 1.37. The van der Waals surface area contributed by atoms with E-state index in [0.29, 0.717) is 37.8 Å². The summed E-state index contributed by atoms with van der Waals surface area (Å²) in [6, 6.07) is 0. The Morgan fingerprint density at radius 1 is 1.22 bits per heavy atom. The van der Waals surface area contributed by atoms with Crippen molar-refractivity contribution in [2.24, 2.45) is 5.73 Å². The summed E-state index contributed by atoms with van der Waals surface area (Å²) in [6.07, 6.45) is 3.09. The van der Waals surface area contributed by atoms with Gasteiger partial charge in [-0.25, -0.2) is 9.97 Å². The second-order valence-electron chi connectivity index (χ2n) is 3.65. The highest BCUT2D eigenvalue weighted by Crippen LogP contribution is 2.08. The zero-order valence-corrected chi connectivity index (χ0v) is 10.7. The summed E-state index contributed by atoms with van der Waals surface area (Å²) < 4.78 is 10.1. The Morgan fingerprint density at radius 2 is 1.83 bits per heavy atom. The van der Waals surface area contributed by atoms with Crippen molar-refractivity contribution >= 4 is 11.7 Å². The summed E-state index contributed by atoms with van der Waals surface area (Å²) in [6.45, 7) is 2.60. The van der Waals surface area contributed by atoms with Crippen LogP contribution in [0, 0.1) is 5.41 Å². The van der Waals surface area contributed by atoms with Crippen LogP contribution >= 0.6 is 0 Å². The van der Waals surface area contributed by atoms with Crippen LogP contribution in [0.1, 0.15) is 5.69 Å². The monoisotopic (exact) mass is 253 g/mol. The number of hydrogen-bond acceptors (Lipinski definition) is 6. The van der Waals surface area contributed by atoms with Crippen molar-refractivity contribution < 1.29 is 9.47 Å². The molecular formula is C11H19N5O2. The minimum absolute atomic E-state index is 0.0885. The fourth-order valence-corrected chi connectivity index (χ4v) is 1.37. The van der Waals surface area contributed by atoms with E-state index in [-0.39, 0.29) is 5.84 Å². The van der Waals surface area contributed by atoms with Gasteiger partial charge in [0.1, 0.15) is 17.3 Å².